The summed E-state index contributed by atoms with van der Waals surface area (Å²) >= 11 is 6.34. The number of benzene rings is 1. The zero-order chi connectivity index (χ0) is 12.3. The highest BCUT2D eigenvalue weighted by molar-refractivity contribution is 6.22. The smallest absolute Gasteiger partial charge is 0.142 e. The summed E-state index contributed by atoms with van der Waals surface area (Å²) in [5.41, 5.74) is 0.677. The molecule has 0 aliphatic carbocycles. The fraction of sp³-hybridized carbons (Fsp3) is 0.500. The third kappa shape index (κ3) is 3.08. The first kappa shape index (κ1) is 13.2. The average molecular weight is 239 g/mol. The van der Waals surface area contributed by atoms with Crippen LogP contribution in [0.15, 0.2) is 30.3 Å². The van der Waals surface area contributed by atoms with Crippen LogP contribution in [-0.4, -0.2) is 5.78 Å². The molecule has 0 spiro atoms. The molecular weight excluding hydrogens is 220 g/mol. The first-order valence-electron chi connectivity index (χ1n) is 5.57. The molecule has 0 saturated carbocycles. The third-order valence-electron chi connectivity index (χ3n) is 2.71. The molecular formula is C14H19ClO. The first-order valence-corrected chi connectivity index (χ1v) is 6.01. The Bertz CT molecular complexity index is 351. The van der Waals surface area contributed by atoms with Crippen LogP contribution >= 0.6 is 11.6 Å². The first-order chi connectivity index (χ1) is 7.34. The lowest BCUT2D eigenvalue weighted by Gasteiger charge is -2.25. The van der Waals surface area contributed by atoms with E-state index in [1.54, 1.807) is 0 Å². The Labute approximate surface area is 103 Å². The second kappa shape index (κ2) is 5.01. The predicted octanol–water partition coefficient (Wildman–Crippen LogP) is 4.22. The summed E-state index contributed by atoms with van der Waals surface area (Å²) in [6.07, 6.45) is 0. The lowest BCUT2D eigenvalue weighted by atomic mass is 9.81. The van der Waals surface area contributed by atoms with Gasteiger partial charge in [-0.1, -0.05) is 58.0 Å². The van der Waals surface area contributed by atoms with Crippen LogP contribution in [0.25, 0.3) is 0 Å². The number of ketones is 1. The van der Waals surface area contributed by atoms with Crippen LogP contribution in [0.2, 0.25) is 0 Å². The minimum absolute atomic E-state index is 0.163. The number of hydrogen-bond acceptors (Lipinski definition) is 1. The number of hydrogen-bond donors (Lipinski definition) is 0. The number of carbonyl (C=O) groups excluding carboxylic acids is 1. The molecule has 1 aromatic rings. The van der Waals surface area contributed by atoms with Gasteiger partial charge in [-0.2, -0.15) is 0 Å². The minimum Gasteiger partial charge on any atom is -0.299 e. The van der Waals surface area contributed by atoms with Crippen molar-refractivity contribution in [2.75, 3.05) is 0 Å². The largest absolute Gasteiger partial charge is 0.299 e. The molecule has 0 N–H and O–H groups in total. The van der Waals surface area contributed by atoms with Crippen LogP contribution in [-0.2, 0) is 4.79 Å². The topological polar surface area (TPSA) is 17.1 Å². The zero-order valence-electron chi connectivity index (χ0n) is 10.3. The summed E-state index contributed by atoms with van der Waals surface area (Å²) in [7, 11) is 0. The number of alkyl halides is 1. The van der Waals surface area contributed by atoms with Crippen molar-refractivity contribution >= 4 is 17.4 Å². The van der Waals surface area contributed by atoms with Crippen molar-refractivity contribution in [2.45, 2.75) is 33.1 Å². The lowest BCUT2D eigenvalue weighted by molar-refractivity contribution is -0.129. The van der Waals surface area contributed by atoms with Gasteiger partial charge in [0.2, 0.25) is 0 Å². The molecule has 88 valence electrons. The monoisotopic (exact) mass is 238 g/mol. The summed E-state index contributed by atoms with van der Waals surface area (Å²) in [4.78, 5) is 12.1. The van der Waals surface area contributed by atoms with Crippen LogP contribution < -0.4 is 0 Å². The minimum atomic E-state index is -0.332. The Morgan fingerprint density at radius 2 is 1.69 bits per heavy atom. The van der Waals surface area contributed by atoms with E-state index in [-0.39, 0.29) is 22.5 Å². The third-order valence-corrected chi connectivity index (χ3v) is 3.34. The van der Waals surface area contributed by atoms with E-state index < -0.39 is 0 Å². The summed E-state index contributed by atoms with van der Waals surface area (Å²) in [6.45, 7) is 7.69. The van der Waals surface area contributed by atoms with Crippen LogP contribution in [0.1, 0.15) is 38.6 Å². The van der Waals surface area contributed by atoms with E-state index in [1.807, 2.05) is 58.0 Å². The molecule has 0 aliphatic heterocycles. The normalized spacial score (nSPS) is 15.6. The fourth-order valence-corrected chi connectivity index (χ4v) is 2.00. The zero-order valence-corrected chi connectivity index (χ0v) is 11.1. The van der Waals surface area contributed by atoms with E-state index in [4.69, 9.17) is 11.6 Å². The molecule has 2 heteroatoms. The Morgan fingerprint density at radius 1 is 1.19 bits per heavy atom. The second-order valence-electron chi connectivity index (χ2n) is 5.22. The number of Topliss-reactive ketones (excluding diaryl/α,β-unsaturated/α-hetero) is 1. The van der Waals surface area contributed by atoms with E-state index in [2.05, 4.69) is 0 Å². The molecule has 0 aliphatic rings. The van der Waals surface area contributed by atoms with Gasteiger partial charge < -0.3 is 0 Å². The highest BCUT2D eigenvalue weighted by atomic mass is 35.5. The molecule has 16 heavy (non-hydrogen) atoms. The highest BCUT2D eigenvalue weighted by Gasteiger charge is 2.31. The van der Waals surface area contributed by atoms with Gasteiger partial charge in [0.15, 0.2) is 0 Å². The van der Waals surface area contributed by atoms with E-state index in [0.29, 0.717) is 0 Å². The maximum absolute atomic E-state index is 12.1. The van der Waals surface area contributed by atoms with Gasteiger partial charge in [0, 0.05) is 11.3 Å². The van der Waals surface area contributed by atoms with Gasteiger partial charge in [-0.05, 0) is 5.56 Å². The molecule has 0 bridgehead atoms. The van der Waals surface area contributed by atoms with Gasteiger partial charge in [-0.15, -0.1) is 11.6 Å². The van der Waals surface area contributed by atoms with E-state index >= 15 is 0 Å². The Hall–Kier alpha value is -0.820. The summed E-state index contributed by atoms with van der Waals surface area (Å²) in [5, 5.41) is -0.243. The molecule has 0 amide bonds. The van der Waals surface area contributed by atoms with Crippen molar-refractivity contribution in [3.05, 3.63) is 35.9 Å². The molecule has 1 aromatic carbocycles. The van der Waals surface area contributed by atoms with Gasteiger partial charge in [-0.25, -0.2) is 0 Å². The van der Waals surface area contributed by atoms with Crippen LogP contribution in [0.3, 0.4) is 0 Å². The molecule has 2 unspecified atom stereocenters. The van der Waals surface area contributed by atoms with Gasteiger partial charge in [0.05, 0.1) is 5.38 Å². The molecule has 1 nitrogen and oxygen atoms in total. The molecule has 0 radical (unpaired) electrons. The van der Waals surface area contributed by atoms with Crippen molar-refractivity contribution in [1.82, 2.24) is 0 Å². The van der Waals surface area contributed by atoms with Gasteiger partial charge in [0.1, 0.15) is 5.78 Å². The molecule has 0 saturated heterocycles. The highest BCUT2D eigenvalue weighted by Crippen LogP contribution is 2.33. The maximum atomic E-state index is 12.1. The Balaban J connectivity index is 2.83. The van der Waals surface area contributed by atoms with Crippen molar-refractivity contribution in [3.63, 3.8) is 0 Å². The van der Waals surface area contributed by atoms with Crippen molar-refractivity contribution < 1.29 is 4.79 Å². The van der Waals surface area contributed by atoms with Crippen LogP contribution in [0.4, 0.5) is 0 Å². The summed E-state index contributed by atoms with van der Waals surface area (Å²) in [5.74, 6) is 0.0421. The van der Waals surface area contributed by atoms with Crippen molar-refractivity contribution in [2.24, 2.45) is 11.3 Å². The number of carbonyl (C=O) groups is 1. The van der Waals surface area contributed by atoms with Crippen LogP contribution in [0, 0.1) is 11.3 Å². The predicted molar refractivity (Wildman–Crippen MR) is 68.7 cm³/mol. The van der Waals surface area contributed by atoms with Gasteiger partial charge in [-0.3, -0.25) is 4.79 Å². The van der Waals surface area contributed by atoms with E-state index in [0.717, 1.165) is 5.56 Å². The molecule has 0 fully saturated rings. The van der Waals surface area contributed by atoms with E-state index in [9.17, 15) is 4.79 Å². The Morgan fingerprint density at radius 3 is 2.12 bits per heavy atom. The lowest BCUT2D eigenvalue weighted by Crippen LogP contribution is -2.29. The van der Waals surface area contributed by atoms with Gasteiger partial charge >= 0.3 is 0 Å². The summed E-state index contributed by atoms with van der Waals surface area (Å²) in [6, 6.07) is 9.76. The SMILES string of the molecule is CC(C(=O)C(C)(C)C)C(Cl)c1ccccc1. The molecule has 0 aromatic heterocycles. The molecule has 0 heterocycles. The van der Waals surface area contributed by atoms with Crippen molar-refractivity contribution in [1.29, 1.82) is 0 Å². The quantitative estimate of drug-likeness (QED) is 0.721. The van der Waals surface area contributed by atoms with Crippen molar-refractivity contribution in [3.8, 4) is 0 Å². The second-order valence-corrected chi connectivity index (χ2v) is 5.69. The Kier molecular flexibility index (Phi) is 4.15. The molecule has 1 rings (SSSR count). The average Bonchev–Trinajstić information content (AvgIpc) is 2.26. The molecule has 2 atom stereocenters. The van der Waals surface area contributed by atoms with Gasteiger partial charge in [0.25, 0.3) is 0 Å². The number of rotatable bonds is 3. The van der Waals surface area contributed by atoms with Crippen LogP contribution in [0.5, 0.6) is 0 Å². The number of halogens is 1. The van der Waals surface area contributed by atoms with E-state index in [1.165, 1.54) is 0 Å². The maximum Gasteiger partial charge on any atom is 0.142 e. The summed E-state index contributed by atoms with van der Waals surface area (Å²) < 4.78 is 0. The fourth-order valence-electron chi connectivity index (χ4n) is 1.74. The standard InChI is InChI=1S/C14H19ClO/c1-10(13(16)14(2,3)4)12(15)11-8-6-5-7-9-11/h5-10,12H,1-4H3.